The van der Waals surface area contributed by atoms with E-state index in [0.717, 1.165) is 5.56 Å². The second kappa shape index (κ2) is 6.02. The number of rotatable bonds is 3. The van der Waals surface area contributed by atoms with Gasteiger partial charge in [-0.1, -0.05) is 17.7 Å². The number of aryl methyl sites for hydroxylation is 1. The fourth-order valence-electron chi connectivity index (χ4n) is 1.89. The highest BCUT2D eigenvalue weighted by Gasteiger charge is 2.33. The number of carbonyl (C=O) groups is 2. The van der Waals surface area contributed by atoms with Crippen molar-refractivity contribution in [2.24, 2.45) is 0 Å². The van der Waals surface area contributed by atoms with Crippen LogP contribution in [0, 0.1) is 6.92 Å². The number of benzene rings is 1. The van der Waals surface area contributed by atoms with Crippen LogP contribution in [0.5, 0.6) is 0 Å². The molecule has 0 bridgehead atoms. The molecule has 108 valence electrons. The van der Waals surface area contributed by atoms with Crippen molar-refractivity contribution in [2.45, 2.75) is 18.9 Å². The summed E-state index contributed by atoms with van der Waals surface area (Å²) in [4.78, 5) is 23.3. The monoisotopic (exact) mass is 278 g/mol. The molecule has 0 aliphatic carbocycles. The van der Waals surface area contributed by atoms with Crippen LogP contribution in [0.2, 0.25) is 0 Å². The van der Waals surface area contributed by atoms with Crippen LogP contribution >= 0.6 is 0 Å². The molecule has 1 aliphatic heterocycles. The van der Waals surface area contributed by atoms with E-state index in [0.29, 0.717) is 18.7 Å². The van der Waals surface area contributed by atoms with Crippen molar-refractivity contribution in [3.63, 3.8) is 0 Å². The van der Waals surface area contributed by atoms with Crippen LogP contribution < -0.4 is 10.6 Å². The quantitative estimate of drug-likeness (QED) is 0.689. The summed E-state index contributed by atoms with van der Waals surface area (Å²) in [6.45, 7) is 2.57. The Kier molecular flexibility index (Phi) is 4.36. The number of hydrogen-bond acceptors (Lipinski definition) is 4. The van der Waals surface area contributed by atoms with Crippen molar-refractivity contribution >= 4 is 17.5 Å². The highest BCUT2D eigenvalue weighted by atomic mass is 16.5. The van der Waals surface area contributed by atoms with Crippen LogP contribution in [0.25, 0.3) is 0 Å². The number of anilines is 1. The molecule has 1 aromatic rings. The normalized spacial score (nSPS) is 21.5. The van der Waals surface area contributed by atoms with E-state index in [1.165, 1.54) is 0 Å². The van der Waals surface area contributed by atoms with Gasteiger partial charge in [0.25, 0.3) is 0 Å². The molecular formula is C14H18N2O4. The van der Waals surface area contributed by atoms with E-state index >= 15 is 0 Å². The van der Waals surface area contributed by atoms with E-state index in [1.807, 2.05) is 19.1 Å². The van der Waals surface area contributed by atoms with Crippen molar-refractivity contribution in [2.75, 3.05) is 25.1 Å². The second-order valence-electron chi connectivity index (χ2n) is 5.03. The van der Waals surface area contributed by atoms with Crippen molar-refractivity contribution in [3.05, 3.63) is 29.8 Å². The minimum absolute atomic E-state index is 0.00709. The number of hydrogen-bond donors (Lipinski definition) is 3. The SMILES string of the molecule is Cc1ccc(NC(=O)C(=O)NCC2(O)CCOC2)cc1. The van der Waals surface area contributed by atoms with Gasteiger partial charge in [0.1, 0.15) is 5.60 Å². The summed E-state index contributed by atoms with van der Waals surface area (Å²) in [7, 11) is 0. The van der Waals surface area contributed by atoms with E-state index in [4.69, 9.17) is 4.74 Å². The third-order valence-electron chi connectivity index (χ3n) is 3.18. The largest absolute Gasteiger partial charge is 0.386 e. The van der Waals surface area contributed by atoms with Crippen molar-refractivity contribution in [1.82, 2.24) is 5.32 Å². The highest BCUT2D eigenvalue weighted by Crippen LogP contribution is 2.16. The van der Waals surface area contributed by atoms with E-state index in [2.05, 4.69) is 10.6 Å². The van der Waals surface area contributed by atoms with Crippen molar-refractivity contribution in [3.8, 4) is 0 Å². The molecule has 0 radical (unpaired) electrons. The van der Waals surface area contributed by atoms with Gasteiger partial charge in [0.05, 0.1) is 6.61 Å². The summed E-state index contributed by atoms with van der Waals surface area (Å²) < 4.78 is 5.06. The molecule has 1 atom stereocenters. The van der Waals surface area contributed by atoms with Gasteiger partial charge in [-0.2, -0.15) is 0 Å². The summed E-state index contributed by atoms with van der Waals surface area (Å²) >= 11 is 0. The van der Waals surface area contributed by atoms with Crippen LogP contribution in [-0.4, -0.2) is 42.3 Å². The predicted octanol–water partition coefficient (Wildman–Crippen LogP) is 0.201. The zero-order valence-electron chi connectivity index (χ0n) is 11.3. The molecule has 2 amide bonds. The van der Waals surface area contributed by atoms with E-state index in [-0.39, 0.29) is 13.2 Å². The maximum atomic E-state index is 11.7. The Morgan fingerprint density at radius 1 is 1.30 bits per heavy atom. The Labute approximate surface area is 117 Å². The Hall–Kier alpha value is -1.92. The average Bonchev–Trinajstić information content (AvgIpc) is 2.86. The van der Waals surface area contributed by atoms with Gasteiger partial charge in [-0.25, -0.2) is 0 Å². The summed E-state index contributed by atoms with van der Waals surface area (Å²) in [6.07, 6.45) is 0.451. The lowest BCUT2D eigenvalue weighted by molar-refractivity contribution is -0.136. The Bertz CT molecular complexity index is 492. The summed E-state index contributed by atoms with van der Waals surface area (Å²) in [6, 6.07) is 7.12. The number of aliphatic hydroxyl groups is 1. The molecule has 0 saturated carbocycles. The zero-order chi connectivity index (χ0) is 14.6. The van der Waals surface area contributed by atoms with Crippen LogP contribution in [0.3, 0.4) is 0 Å². The van der Waals surface area contributed by atoms with Gasteiger partial charge in [-0.3, -0.25) is 9.59 Å². The van der Waals surface area contributed by atoms with Gasteiger partial charge >= 0.3 is 11.8 Å². The Morgan fingerprint density at radius 3 is 2.60 bits per heavy atom. The molecule has 0 aromatic heterocycles. The lowest BCUT2D eigenvalue weighted by atomic mass is 10.0. The lowest BCUT2D eigenvalue weighted by Crippen LogP contribution is -2.46. The maximum Gasteiger partial charge on any atom is 0.313 e. The molecule has 1 saturated heterocycles. The van der Waals surface area contributed by atoms with Crippen LogP contribution in [0.4, 0.5) is 5.69 Å². The molecule has 3 N–H and O–H groups in total. The fourth-order valence-corrected chi connectivity index (χ4v) is 1.89. The van der Waals surface area contributed by atoms with E-state index < -0.39 is 17.4 Å². The van der Waals surface area contributed by atoms with Gasteiger partial charge in [0.2, 0.25) is 0 Å². The maximum absolute atomic E-state index is 11.7. The first kappa shape index (κ1) is 14.5. The van der Waals surface area contributed by atoms with Crippen LogP contribution in [-0.2, 0) is 14.3 Å². The highest BCUT2D eigenvalue weighted by molar-refractivity contribution is 6.39. The molecule has 1 unspecified atom stereocenters. The van der Waals surface area contributed by atoms with Gasteiger partial charge in [0, 0.05) is 25.3 Å². The molecule has 20 heavy (non-hydrogen) atoms. The first-order valence-corrected chi connectivity index (χ1v) is 6.44. The molecule has 0 spiro atoms. The summed E-state index contributed by atoms with van der Waals surface area (Å²) in [5, 5.41) is 14.9. The fraction of sp³-hybridized carbons (Fsp3) is 0.429. The molecule has 2 rings (SSSR count). The topological polar surface area (TPSA) is 87.7 Å². The lowest BCUT2D eigenvalue weighted by Gasteiger charge is -2.20. The van der Waals surface area contributed by atoms with Crippen LogP contribution in [0.1, 0.15) is 12.0 Å². The average molecular weight is 278 g/mol. The van der Waals surface area contributed by atoms with Crippen molar-refractivity contribution in [1.29, 1.82) is 0 Å². The molecule has 1 aliphatic rings. The standard InChI is InChI=1S/C14H18N2O4/c1-10-2-4-11(5-3-10)16-13(18)12(17)15-8-14(19)6-7-20-9-14/h2-5,19H,6-9H2,1H3,(H,15,17)(H,16,18). The van der Waals surface area contributed by atoms with Gasteiger partial charge < -0.3 is 20.5 Å². The number of nitrogens with one attached hydrogen (secondary N) is 2. The van der Waals surface area contributed by atoms with Crippen molar-refractivity contribution < 1.29 is 19.4 Å². The molecular weight excluding hydrogens is 260 g/mol. The minimum atomic E-state index is -1.07. The van der Waals surface area contributed by atoms with Gasteiger partial charge in [-0.05, 0) is 19.1 Å². The number of amides is 2. The molecule has 1 heterocycles. The number of ether oxygens (including phenoxy) is 1. The van der Waals surface area contributed by atoms with Gasteiger partial charge in [-0.15, -0.1) is 0 Å². The van der Waals surface area contributed by atoms with Crippen LogP contribution in [0.15, 0.2) is 24.3 Å². The molecule has 6 heteroatoms. The van der Waals surface area contributed by atoms with Gasteiger partial charge in [0.15, 0.2) is 0 Å². The smallest absolute Gasteiger partial charge is 0.313 e. The molecule has 6 nitrogen and oxygen atoms in total. The third kappa shape index (κ3) is 3.79. The Balaban J connectivity index is 1.83. The van der Waals surface area contributed by atoms with E-state index in [9.17, 15) is 14.7 Å². The first-order chi connectivity index (χ1) is 9.48. The zero-order valence-corrected chi connectivity index (χ0v) is 11.3. The summed E-state index contributed by atoms with van der Waals surface area (Å²) in [5.41, 5.74) is 0.550. The third-order valence-corrected chi connectivity index (χ3v) is 3.18. The molecule has 1 aromatic carbocycles. The Morgan fingerprint density at radius 2 is 2.00 bits per heavy atom. The first-order valence-electron chi connectivity index (χ1n) is 6.44. The summed E-state index contributed by atoms with van der Waals surface area (Å²) in [5.74, 6) is -1.53. The predicted molar refractivity (Wildman–Crippen MR) is 73.2 cm³/mol. The second-order valence-corrected chi connectivity index (χ2v) is 5.03. The van der Waals surface area contributed by atoms with E-state index in [1.54, 1.807) is 12.1 Å². The minimum Gasteiger partial charge on any atom is -0.386 e. The number of carbonyl (C=O) groups excluding carboxylic acids is 2. The molecule has 1 fully saturated rings.